The lowest BCUT2D eigenvalue weighted by Crippen LogP contribution is -2.49. The van der Waals surface area contributed by atoms with Gasteiger partial charge in [0.05, 0.1) is 27.3 Å². The number of rotatable bonds is 6. The maximum Gasteiger partial charge on any atom is 0.253 e. The molecule has 5 nitrogen and oxygen atoms in total. The zero-order valence-electron chi connectivity index (χ0n) is 15.0. The largest absolute Gasteiger partial charge is 0.348 e. The van der Waals surface area contributed by atoms with Crippen molar-refractivity contribution in [2.45, 2.75) is 26.4 Å². The molecule has 1 aromatic heterocycles. The molecule has 7 heteroatoms. The highest BCUT2D eigenvalue weighted by molar-refractivity contribution is 7.18. The van der Waals surface area contributed by atoms with Crippen molar-refractivity contribution in [2.24, 2.45) is 5.92 Å². The average Bonchev–Trinajstić information content (AvgIpc) is 3.07. The molecule has 0 saturated carbocycles. The first-order valence-corrected chi connectivity index (χ1v) is 9.82. The van der Waals surface area contributed by atoms with Gasteiger partial charge in [-0.1, -0.05) is 49.7 Å². The molecule has 0 bridgehead atoms. The first-order valence-electron chi connectivity index (χ1n) is 8.63. The Hall–Kier alpha value is -2.44. The smallest absolute Gasteiger partial charge is 0.253 e. The van der Waals surface area contributed by atoms with E-state index < -0.39 is 6.04 Å². The number of halogens is 1. The van der Waals surface area contributed by atoms with Gasteiger partial charge in [-0.2, -0.15) is 0 Å². The maximum atomic E-state index is 12.6. The molecule has 3 aromatic rings. The molecule has 27 heavy (non-hydrogen) atoms. The van der Waals surface area contributed by atoms with E-state index in [1.807, 2.05) is 38.1 Å². The Morgan fingerprint density at radius 2 is 1.81 bits per heavy atom. The van der Waals surface area contributed by atoms with E-state index in [0.29, 0.717) is 17.1 Å². The minimum absolute atomic E-state index is 0.0770. The predicted octanol–water partition coefficient (Wildman–Crippen LogP) is 4.02. The number of aromatic nitrogens is 1. The second-order valence-corrected chi connectivity index (χ2v) is 7.99. The van der Waals surface area contributed by atoms with Crippen LogP contribution in [0.5, 0.6) is 0 Å². The summed E-state index contributed by atoms with van der Waals surface area (Å²) in [5, 5.41) is 6.84. The second-order valence-electron chi connectivity index (χ2n) is 6.47. The molecule has 0 aliphatic rings. The summed E-state index contributed by atoms with van der Waals surface area (Å²) < 4.78 is 1.08. The quantitative estimate of drug-likeness (QED) is 0.655. The van der Waals surface area contributed by atoms with Gasteiger partial charge in [0, 0.05) is 0 Å². The van der Waals surface area contributed by atoms with Crippen LogP contribution in [0, 0.1) is 5.92 Å². The number of hydrogen-bond acceptors (Lipinski definition) is 4. The third-order valence-corrected chi connectivity index (χ3v) is 5.47. The lowest BCUT2D eigenvalue weighted by atomic mass is 10.0. The summed E-state index contributed by atoms with van der Waals surface area (Å²) in [6.07, 6.45) is 0. The van der Waals surface area contributed by atoms with Gasteiger partial charge in [0.15, 0.2) is 0 Å². The maximum absolute atomic E-state index is 12.6. The topological polar surface area (TPSA) is 71.1 Å². The molecule has 1 atom stereocenters. The van der Waals surface area contributed by atoms with E-state index in [0.717, 1.165) is 15.2 Å². The van der Waals surface area contributed by atoms with Crippen LogP contribution in [0.25, 0.3) is 10.2 Å². The Balaban J connectivity index is 1.66. The Bertz CT molecular complexity index is 938. The van der Waals surface area contributed by atoms with Crippen molar-refractivity contribution < 1.29 is 9.59 Å². The van der Waals surface area contributed by atoms with Crippen LogP contribution in [-0.2, 0) is 11.3 Å². The van der Waals surface area contributed by atoms with Crippen molar-refractivity contribution in [1.29, 1.82) is 0 Å². The van der Waals surface area contributed by atoms with Gasteiger partial charge in [-0.3, -0.25) is 9.59 Å². The first kappa shape index (κ1) is 19.3. The Labute approximate surface area is 166 Å². The number of nitrogens with zero attached hydrogens (tertiary/aromatic N) is 1. The standard InChI is InChI=1S/C20H20ClN3O2S/c1-12(2)18(24-19(25)13-7-3-4-8-14(13)21)20(26)22-11-17-23-15-9-5-6-10-16(15)27-17/h3-10,12,18H,11H2,1-2H3,(H,22,26)(H,24,25). The van der Waals surface area contributed by atoms with E-state index in [9.17, 15) is 9.59 Å². The molecule has 0 radical (unpaired) electrons. The Morgan fingerprint density at radius 3 is 2.52 bits per heavy atom. The van der Waals surface area contributed by atoms with Crippen molar-refractivity contribution in [2.75, 3.05) is 0 Å². The number of carbonyl (C=O) groups excluding carboxylic acids is 2. The van der Waals surface area contributed by atoms with Crippen molar-refractivity contribution in [3.05, 3.63) is 64.1 Å². The molecule has 140 valence electrons. The van der Waals surface area contributed by atoms with Gasteiger partial charge in [0.25, 0.3) is 5.91 Å². The molecule has 3 rings (SSSR count). The van der Waals surface area contributed by atoms with Crippen molar-refractivity contribution in [3.63, 3.8) is 0 Å². The number of fused-ring (bicyclic) bond motifs is 1. The number of nitrogens with one attached hydrogen (secondary N) is 2. The Morgan fingerprint density at radius 1 is 1.11 bits per heavy atom. The zero-order valence-corrected chi connectivity index (χ0v) is 16.6. The van der Waals surface area contributed by atoms with Gasteiger partial charge in [-0.05, 0) is 30.2 Å². The van der Waals surface area contributed by atoms with E-state index in [1.165, 1.54) is 0 Å². The number of para-hydroxylation sites is 1. The summed E-state index contributed by atoms with van der Waals surface area (Å²) in [4.78, 5) is 29.6. The van der Waals surface area contributed by atoms with Gasteiger partial charge in [-0.25, -0.2) is 4.98 Å². The fraction of sp³-hybridized carbons (Fsp3) is 0.250. The monoisotopic (exact) mass is 401 g/mol. The molecular weight excluding hydrogens is 382 g/mol. The lowest BCUT2D eigenvalue weighted by molar-refractivity contribution is -0.124. The fourth-order valence-electron chi connectivity index (χ4n) is 2.67. The molecule has 0 spiro atoms. The van der Waals surface area contributed by atoms with Gasteiger partial charge < -0.3 is 10.6 Å². The zero-order chi connectivity index (χ0) is 19.4. The predicted molar refractivity (Wildman–Crippen MR) is 109 cm³/mol. The van der Waals surface area contributed by atoms with Crippen LogP contribution in [0.4, 0.5) is 0 Å². The SMILES string of the molecule is CC(C)C(NC(=O)c1ccccc1Cl)C(=O)NCc1nc2ccccc2s1. The Kier molecular flexibility index (Phi) is 6.08. The normalized spacial score (nSPS) is 12.1. The molecule has 0 fully saturated rings. The summed E-state index contributed by atoms with van der Waals surface area (Å²) >= 11 is 7.61. The number of benzene rings is 2. The molecule has 2 amide bonds. The van der Waals surface area contributed by atoms with Gasteiger partial charge >= 0.3 is 0 Å². The van der Waals surface area contributed by atoms with Gasteiger partial charge in [-0.15, -0.1) is 11.3 Å². The van der Waals surface area contributed by atoms with Crippen LogP contribution in [-0.4, -0.2) is 22.8 Å². The van der Waals surface area contributed by atoms with Crippen LogP contribution < -0.4 is 10.6 Å². The van der Waals surface area contributed by atoms with Crippen LogP contribution in [0.2, 0.25) is 5.02 Å². The van der Waals surface area contributed by atoms with Gasteiger partial charge in [0.1, 0.15) is 11.0 Å². The van der Waals surface area contributed by atoms with Crippen LogP contribution >= 0.6 is 22.9 Å². The van der Waals surface area contributed by atoms with Crippen molar-refractivity contribution in [3.8, 4) is 0 Å². The summed E-state index contributed by atoms with van der Waals surface area (Å²) in [7, 11) is 0. The summed E-state index contributed by atoms with van der Waals surface area (Å²) in [5.41, 5.74) is 1.27. The highest BCUT2D eigenvalue weighted by Crippen LogP contribution is 2.21. The molecule has 1 heterocycles. The third kappa shape index (κ3) is 4.64. The minimum Gasteiger partial charge on any atom is -0.348 e. The van der Waals surface area contributed by atoms with E-state index in [-0.39, 0.29) is 17.7 Å². The number of amides is 2. The molecule has 2 aromatic carbocycles. The van der Waals surface area contributed by atoms with Crippen LogP contribution in [0.3, 0.4) is 0 Å². The summed E-state index contributed by atoms with van der Waals surface area (Å²) in [5.74, 6) is -0.689. The van der Waals surface area contributed by atoms with E-state index >= 15 is 0 Å². The minimum atomic E-state index is -0.664. The summed E-state index contributed by atoms with van der Waals surface area (Å²) in [6.45, 7) is 4.09. The number of carbonyl (C=O) groups is 2. The average molecular weight is 402 g/mol. The molecule has 2 N–H and O–H groups in total. The number of hydrogen-bond donors (Lipinski definition) is 2. The molecule has 0 aliphatic carbocycles. The molecule has 0 saturated heterocycles. The highest BCUT2D eigenvalue weighted by atomic mass is 35.5. The third-order valence-electron chi connectivity index (χ3n) is 4.11. The lowest BCUT2D eigenvalue weighted by Gasteiger charge is -2.21. The second kappa shape index (κ2) is 8.50. The van der Waals surface area contributed by atoms with Crippen LogP contribution in [0.1, 0.15) is 29.2 Å². The van der Waals surface area contributed by atoms with Gasteiger partial charge in [0.2, 0.25) is 5.91 Å². The van der Waals surface area contributed by atoms with E-state index in [4.69, 9.17) is 11.6 Å². The van der Waals surface area contributed by atoms with Crippen LogP contribution in [0.15, 0.2) is 48.5 Å². The van der Waals surface area contributed by atoms with E-state index in [2.05, 4.69) is 15.6 Å². The fourth-order valence-corrected chi connectivity index (χ4v) is 3.80. The van der Waals surface area contributed by atoms with E-state index in [1.54, 1.807) is 35.6 Å². The molecule has 1 unspecified atom stereocenters. The highest BCUT2D eigenvalue weighted by Gasteiger charge is 2.25. The first-order chi connectivity index (χ1) is 13.0. The summed E-state index contributed by atoms with van der Waals surface area (Å²) in [6, 6.07) is 13.9. The molecular formula is C20H20ClN3O2S. The van der Waals surface area contributed by atoms with Crippen molar-refractivity contribution >= 4 is 45.0 Å². The van der Waals surface area contributed by atoms with Crippen molar-refractivity contribution in [1.82, 2.24) is 15.6 Å². The number of thiazole rings is 1. The molecule has 0 aliphatic heterocycles.